The Balaban J connectivity index is 1.54. The molecule has 2 saturated heterocycles. The number of anilines is 1. The van der Waals surface area contributed by atoms with Gasteiger partial charge < -0.3 is 14.5 Å². The zero-order valence-electron chi connectivity index (χ0n) is 21.9. The predicted molar refractivity (Wildman–Crippen MR) is 147 cm³/mol. The molecule has 2 atom stereocenters. The van der Waals surface area contributed by atoms with Crippen molar-refractivity contribution < 1.29 is 22.3 Å². The van der Waals surface area contributed by atoms with Gasteiger partial charge in [0.2, 0.25) is 5.91 Å². The molecule has 4 rings (SSSR count). The molecule has 1 amide bonds. The minimum absolute atomic E-state index is 0.0171. The van der Waals surface area contributed by atoms with Crippen LogP contribution in [0.1, 0.15) is 11.1 Å². The number of benzene rings is 2. The monoisotopic (exact) mass is 565 g/mol. The van der Waals surface area contributed by atoms with Crippen molar-refractivity contribution in [3.8, 4) is 5.75 Å². The fourth-order valence-electron chi connectivity index (χ4n) is 5.00. The van der Waals surface area contributed by atoms with Crippen molar-refractivity contribution in [2.75, 3.05) is 59.2 Å². The zero-order chi connectivity index (χ0) is 27.6. The lowest BCUT2D eigenvalue weighted by Gasteiger charge is -2.52. The van der Waals surface area contributed by atoms with E-state index in [-0.39, 0.29) is 34.5 Å². The van der Waals surface area contributed by atoms with E-state index in [0.717, 1.165) is 23.0 Å². The van der Waals surface area contributed by atoms with Gasteiger partial charge in [-0.25, -0.2) is 4.39 Å². The smallest absolute Gasteiger partial charge is 0.301 e. The van der Waals surface area contributed by atoms with Gasteiger partial charge in [-0.3, -0.25) is 14.4 Å². The predicted octanol–water partition coefficient (Wildman–Crippen LogP) is 2.75. The van der Waals surface area contributed by atoms with Crippen molar-refractivity contribution in [2.45, 2.75) is 18.6 Å². The second-order valence-electron chi connectivity index (χ2n) is 9.89. The fourth-order valence-corrected chi connectivity index (χ4v) is 5.87. The molecule has 0 saturated carbocycles. The summed E-state index contributed by atoms with van der Waals surface area (Å²) < 4.78 is 47.1. The molecule has 2 heterocycles. The molecule has 0 aromatic heterocycles. The molecule has 0 spiro atoms. The summed E-state index contributed by atoms with van der Waals surface area (Å²) in [5.74, 6) is -0.0465. The highest BCUT2D eigenvalue weighted by Gasteiger charge is 2.41. The minimum atomic E-state index is -3.80. The van der Waals surface area contributed by atoms with E-state index in [1.165, 1.54) is 45.5 Å². The summed E-state index contributed by atoms with van der Waals surface area (Å²) in [6, 6.07) is 9.53. The van der Waals surface area contributed by atoms with Crippen LogP contribution in [0.5, 0.6) is 5.75 Å². The average molecular weight is 566 g/mol. The molecule has 0 radical (unpaired) electrons. The van der Waals surface area contributed by atoms with Gasteiger partial charge >= 0.3 is 10.2 Å². The number of piperazine rings is 2. The van der Waals surface area contributed by atoms with E-state index in [2.05, 4.69) is 21.6 Å². The second kappa shape index (κ2) is 11.6. The fraction of sp³-hybridized carbons (Fsp3) is 0.423. The van der Waals surface area contributed by atoms with Gasteiger partial charge in [-0.2, -0.15) is 12.7 Å². The van der Waals surface area contributed by atoms with Crippen LogP contribution in [0.25, 0.3) is 6.08 Å². The van der Waals surface area contributed by atoms with E-state index < -0.39 is 10.2 Å². The van der Waals surface area contributed by atoms with Crippen LogP contribution in [-0.4, -0.2) is 99.8 Å². The summed E-state index contributed by atoms with van der Waals surface area (Å²) in [7, 11) is 2.55. The molecule has 0 aliphatic carbocycles. The topological polar surface area (TPSA) is 85.4 Å². The number of nitrogens with zero attached hydrogens (tertiary/aromatic N) is 4. The standard InChI is InChI=1S/C26H33ClFN5O4S/c1-30(2)38(35,36)29-24-12-23(27)25(37-4)11-19(24)7-10-26(34)33-21-14-31(3)15-22(33)17-32(16-21)13-18-5-8-20(28)9-6-18/h5-12,21-22,29H,13-17H2,1-4H3. The van der Waals surface area contributed by atoms with E-state index in [1.54, 1.807) is 24.3 Å². The number of halogens is 2. The maximum atomic E-state index is 13.5. The molecular weight excluding hydrogens is 533 g/mol. The normalized spacial score (nSPS) is 20.8. The van der Waals surface area contributed by atoms with Gasteiger partial charge in [-0.1, -0.05) is 23.7 Å². The first-order valence-corrected chi connectivity index (χ1v) is 14.0. The molecule has 2 aromatic rings. The van der Waals surface area contributed by atoms with Crippen molar-refractivity contribution in [1.29, 1.82) is 0 Å². The van der Waals surface area contributed by atoms with Gasteiger partial charge in [0.05, 0.1) is 29.9 Å². The van der Waals surface area contributed by atoms with Gasteiger partial charge in [-0.15, -0.1) is 0 Å². The number of amides is 1. The molecule has 9 nitrogen and oxygen atoms in total. The molecule has 38 heavy (non-hydrogen) atoms. The lowest BCUT2D eigenvalue weighted by molar-refractivity contribution is -0.140. The molecule has 2 bridgehead atoms. The van der Waals surface area contributed by atoms with Crippen LogP contribution >= 0.6 is 11.6 Å². The number of nitrogens with one attached hydrogen (secondary N) is 1. The Bertz CT molecular complexity index is 1290. The molecule has 2 aromatic carbocycles. The van der Waals surface area contributed by atoms with Crippen LogP contribution in [0.2, 0.25) is 5.02 Å². The number of likely N-dealkylation sites (N-methyl/N-ethyl adjacent to an activating group) is 1. The van der Waals surface area contributed by atoms with Gasteiger partial charge in [0, 0.05) is 58.5 Å². The van der Waals surface area contributed by atoms with Crippen molar-refractivity contribution in [3.05, 3.63) is 64.4 Å². The highest BCUT2D eigenvalue weighted by atomic mass is 35.5. The van der Waals surface area contributed by atoms with E-state index in [9.17, 15) is 17.6 Å². The summed E-state index contributed by atoms with van der Waals surface area (Å²) in [6.07, 6.45) is 3.05. The summed E-state index contributed by atoms with van der Waals surface area (Å²) in [6.45, 7) is 3.55. The number of carbonyl (C=O) groups excluding carboxylic acids is 1. The van der Waals surface area contributed by atoms with E-state index in [0.29, 0.717) is 30.9 Å². The quantitative estimate of drug-likeness (QED) is 0.496. The first-order chi connectivity index (χ1) is 18.0. The van der Waals surface area contributed by atoms with Gasteiger partial charge in [-0.05, 0) is 43.0 Å². The van der Waals surface area contributed by atoms with Crippen LogP contribution < -0.4 is 9.46 Å². The van der Waals surface area contributed by atoms with Crippen LogP contribution in [-0.2, 0) is 21.5 Å². The maximum absolute atomic E-state index is 13.5. The SMILES string of the molecule is COc1cc(C=CC(=O)N2C3CN(C)CC2CN(Cc2ccc(F)cc2)C3)c(NS(=O)(=O)N(C)C)cc1Cl. The Labute approximate surface area is 228 Å². The average Bonchev–Trinajstić information content (AvgIpc) is 2.83. The Morgan fingerprint density at radius 2 is 1.79 bits per heavy atom. The van der Waals surface area contributed by atoms with E-state index in [4.69, 9.17) is 16.3 Å². The zero-order valence-corrected chi connectivity index (χ0v) is 23.5. The highest BCUT2D eigenvalue weighted by Crippen LogP contribution is 2.33. The van der Waals surface area contributed by atoms with Gasteiger partial charge in [0.25, 0.3) is 0 Å². The van der Waals surface area contributed by atoms with Crippen molar-refractivity contribution in [1.82, 2.24) is 19.0 Å². The number of fused-ring (bicyclic) bond motifs is 2. The number of methoxy groups -OCH3 is 1. The second-order valence-corrected chi connectivity index (χ2v) is 12.2. The van der Waals surface area contributed by atoms with Gasteiger partial charge in [0.1, 0.15) is 11.6 Å². The maximum Gasteiger partial charge on any atom is 0.301 e. The summed E-state index contributed by atoms with van der Waals surface area (Å²) in [4.78, 5) is 19.9. The summed E-state index contributed by atoms with van der Waals surface area (Å²) in [5, 5.41) is 0.238. The number of ether oxygens (including phenoxy) is 1. The third-order valence-electron chi connectivity index (χ3n) is 6.79. The summed E-state index contributed by atoms with van der Waals surface area (Å²) in [5.41, 5.74) is 1.71. The molecule has 206 valence electrons. The van der Waals surface area contributed by atoms with Crippen molar-refractivity contribution >= 4 is 39.5 Å². The molecule has 1 N–H and O–H groups in total. The third-order valence-corrected chi connectivity index (χ3v) is 8.53. The lowest BCUT2D eigenvalue weighted by Crippen LogP contribution is -2.68. The van der Waals surface area contributed by atoms with Crippen LogP contribution in [0.3, 0.4) is 0 Å². The Hall–Kier alpha value is -2.70. The largest absolute Gasteiger partial charge is 0.495 e. The Kier molecular flexibility index (Phi) is 8.63. The Morgan fingerprint density at radius 1 is 1.16 bits per heavy atom. The van der Waals surface area contributed by atoms with Gasteiger partial charge in [0.15, 0.2) is 0 Å². The van der Waals surface area contributed by atoms with Crippen LogP contribution in [0.15, 0.2) is 42.5 Å². The lowest BCUT2D eigenvalue weighted by atomic mass is 9.99. The Morgan fingerprint density at radius 3 is 2.37 bits per heavy atom. The van der Waals surface area contributed by atoms with Crippen LogP contribution in [0, 0.1) is 5.82 Å². The van der Waals surface area contributed by atoms with Crippen molar-refractivity contribution in [2.24, 2.45) is 0 Å². The highest BCUT2D eigenvalue weighted by molar-refractivity contribution is 7.90. The molecule has 2 fully saturated rings. The van der Waals surface area contributed by atoms with Crippen LogP contribution in [0.4, 0.5) is 10.1 Å². The first kappa shape index (κ1) is 28.3. The molecule has 2 aliphatic rings. The van der Waals surface area contributed by atoms with E-state index >= 15 is 0 Å². The molecule has 12 heteroatoms. The number of hydrogen-bond acceptors (Lipinski definition) is 6. The third kappa shape index (κ3) is 6.47. The minimum Gasteiger partial charge on any atom is -0.495 e. The number of hydrogen-bond donors (Lipinski definition) is 1. The van der Waals surface area contributed by atoms with Crippen molar-refractivity contribution in [3.63, 3.8) is 0 Å². The van der Waals surface area contributed by atoms with E-state index in [1.807, 2.05) is 4.90 Å². The summed E-state index contributed by atoms with van der Waals surface area (Å²) >= 11 is 6.25. The molecule has 2 unspecified atom stereocenters. The number of rotatable bonds is 8. The number of carbonyl (C=O) groups is 1. The molecular formula is C26H33ClFN5O4S. The first-order valence-electron chi connectivity index (χ1n) is 12.2. The molecule has 2 aliphatic heterocycles.